The van der Waals surface area contributed by atoms with Gasteiger partial charge in [0.1, 0.15) is 0 Å². The Morgan fingerprint density at radius 2 is 2.26 bits per heavy atom. The fourth-order valence-electron chi connectivity index (χ4n) is 2.21. The quantitative estimate of drug-likeness (QED) is 0.764. The lowest BCUT2D eigenvalue weighted by atomic mass is 10.0. The van der Waals surface area contributed by atoms with Gasteiger partial charge in [-0.15, -0.1) is 0 Å². The van der Waals surface area contributed by atoms with Crippen LogP contribution in [0.25, 0.3) is 0 Å². The Kier molecular flexibility index (Phi) is 6.62. The summed E-state index contributed by atoms with van der Waals surface area (Å²) in [5.74, 6) is -0.514. The first-order chi connectivity index (χ1) is 9.02. The molecule has 1 fully saturated rings. The number of aliphatic carboxylic acids is 1. The molecule has 110 valence electrons. The summed E-state index contributed by atoms with van der Waals surface area (Å²) >= 11 is 0. The van der Waals surface area contributed by atoms with Crippen LogP contribution in [0.5, 0.6) is 0 Å². The number of carboxylic acid groups (broad SMARTS) is 1. The van der Waals surface area contributed by atoms with Gasteiger partial charge in [-0.25, -0.2) is 4.79 Å². The van der Waals surface area contributed by atoms with Crippen molar-refractivity contribution in [1.29, 1.82) is 0 Å². The van der Waals surface area contributed by atoms with Crippen LogP contribution in [0.2, 0.25) is 0 Å². The molecule has 0 spiro atoms. The lowest BCUT2D eigenvalue weighted by molar-refractivity contribution is -0.137. The van der Waals surface area contributed by atoms with Crippen LogP contribution in [-0.2, 0) is 9.53 Å². The van der Waals surface area contributed by atoms with E-state index in [4.69, 9.17) is 9.84 Å². The number of carboxylic acids is 1. The zero-order chi connectivity index (χ0) is 14.3. The van der Waals surface area contributed by atoms with Gasteiger partial charge in [0.15, 0.2) is 0 Å². The molecule has 0 radical (unpaired) electrons. The highest BCUT2D eigenvalue weighted by Crippen LogP contribution is 2.14. The smallest absolute Gasteiger partial charge is 0.317 e. The maximum absolute atomic E-state index is 11.9. The third-order valence-corrected chi connectivity index (χ3v) is 3.37. The Morgan fingerprint density at radius 1 is 1.53 bits per heavy atom. The minimum absolute atomic E-state index is 0.0391. The summed E-state index contributed by atoms with van der Waals surface area (Å²) in [7, 11) is 1.73. The zero-order valence-electron chi connectivity index (χ0n) is 11.7. The number of carbonyl (C=O) groups is 2. The van der Waals surface area contributed by atoms with Crippen LogP contribution in [0.3, 0.4) is 0 Å². The number of carbonyl (C=O) groups excluding carboxylic acids is 1. The minimum Gasteiger partial charge on any atom is -0.481 e. The summed E-state index contributed by atoms with van der Waals surface area (Å²) in [5.41, 5.74) is 0. The molecule has 0 aliphatic carbocycles. The molecule has 0 aromatic carbocycles. The normalized spacial score (nSPS) is 20.6. The molecule has 2 amide bonds. The molecular formula is C13H24N2O4. The fraction of sp³-hybridized carbons (Fsp3) is 0.846. The second-order valence-electron chi connectivity index (χ2n) is 5.12. The van der Waals surface area contributed by atoms with Crippen molar-refractivity contribution in [2.75, 3.05) is 26.8 Å². The molecule has 1 rings (SSSR count). The van der Waals surface area contributed by atoms with E-state index < -0.39 is 5.97 Å². The molecular weight excluding hydrogens is 248 g/mol. The van der Waals surface area contributed by atoms with E-state index in [1.807, 2.05) is 6.92 Å². The molecule has 1 saturated heterocycles. The molecule has 2 N–H and O–H groups in total. The fourth-order valence-corrected chi connectivity index (χ4v) is 2.21. The number of hydrogen-bond donors (Lipinski definition) is 2. The molecule has 0 aromatic heterocycles. The van der Waals surface area contributed by atoms with Gasteiger partial charge in [-0.3, -0.25) is 4.79 Å². The molecule has 0 bridgehead atoms. The monoisotopic (exact) mass is 272 g/mol. The predicted molar refractivity (Wildman–Crippen MR) is 71.0 cm³/mol. The zero-order valence-corrected chi connectivity index (χ0v) is 11.7. The van der Waals surface area contributed by atoms with Gasteiger partial charge in [0.05, 0.1) is 13.0 Å². The summed E-state index contributed by atoms with van der Waals surface area (Å²) in [5, 5.41) is 11.5. The lowest BCUT2D eigenvalue weighted by Gasteiger charge is -2.28. The molecule has 0 aromatic rings. The van der Waals surface area contributed by atoms with Crippen molar-refractivity contribution < 1.29 is 19.4 Å². The number of hydrogen-bond acceptors (Lipinski definition) is 3. The first-order valence-corrected chi connectivity index (χ1v) is 6.84. The van der Waals surface area contributed by atoms with Gasteiger partial charge in [0.25, 0.3) is 0 Å². The minimum atomic E-state index is -0.893. The van der Waals surface area contributed by atoms with Crippen molar-refractivity contribution in [3.05, 3.63) is 0 Å². The molecule has 6 heteroatoms. The van der Waals surface area contributed by atoms with Gasteiger partial charge in [0.2, 0.25) is 0 Å². The van der Waals surface area contributed by atoms with Crippen molar-refractivity contribution in [2.45, 2.75) is 38.6 Å². The van der Waals surface area contributed by atoms with Crippen LogP contribution >= 0.6 is 0 Å². The maximum Gasteiger partial charge on any atom is 0.317 e. The highest BCUT2D eigenvalue weighted by atomic mass is 16.5. The van der Waals surface area contributed by atoms with Crippen LogP contribution in [0, 0.1) is 5.92 Å². The molecule has 19 heavy (non-hydrogen) atoms. The number of nitrogens with zero attached hydrogens (tertiary/aromatic N) is 1. The standard InChI is InChI=1S/C13H24N2O4/c1-3-11(7-12(16)17)14-13(18)15(2)8-10-5-4-6-19-9-10/h10-11H,3-9H2,1-2H3,(H,14,18)(H,16,17). The Morgan fingerprint density at radius 3 is 2.79 bits per heavy atom. The Labute approximate surface area is 114 Å². The lowest BCUT2D eigenvalue weighted by Crippen LogP contribution is -2.45. The highest BCUT2D eigenvalue weighted by Gasteiger charge is 2.21. The van der Waals surface area contributed by atoms with Crippen LogP contribution in [0.1, 0.15) is 32.6 Å². The highest BCUT2D eigenvalue weighted by molar-refractivity contribution is 5.75. The summed E-state index contributed by atoms with van der Waals surface area (Å²) in [6.07, 6.45) is 2.68. The summed E-state index contributed by atoms with van der Waals surface area (Å²) in [6, 6.07) is -0.520. The van der Waals surface area contributed by atoms with E-state index >= 15 is 0 Å². The van der Waals surface area contributed by atoms with Crippen molar-refractivity contribution in [2.24, 2.45) is 5.92 Å². The molecule has 2 atom stereocenters. The Bertz CT molecular complexity index is 303. The number of nitrogens with one attached hydrogen (secondary N) is 1. The average molecular weight is 272 g/mol. The van der Waals surface area contributed by atoms with Crippen LogP contribution in [-0.4, -0.2) is 54.9 Å². The van der Waals surface area contributed by atoms with E-state index in [1.165, 1.54) is 0 Å². The largest absolute Gasteiger partial charge is 0.481 e. The number of rotatable bonds is 6. The van der Waals surface area contributed by atoms with Gasteiger partial charge in [-0.1, -0.05) is 6.92 Å². The molecule has 1 aliphatic rings. The Hall–Kier alpha value is -1.30. The molecule has 2 unspecified atom stereocenters. The number of ether oxygens (including phenoxy) is 1. The third-order valence-electron chi connectivity index (χ3n) is 3.37. The van der Waals surface area contributed by atoms with E-state index in [-0.39, 0.29) is 18.5 Å². The van der Waals surface area contributed by atoms with E-state index in [1.54, 1.807) is 11.9 Å². The van der Waals surface area contributed by atoms with Crippen molar-refractivity contribution in [1.82, 2.24) is 10.2 Å². The van der Waals surface area contributed by atoms with Crippen molar-refractivity contribution in [3.8, 4) is 0 Å². The van der Waals surface area contributed by atoms with E-state index in [9.17, 15) is 9.59 Å². The molecule has 6 nitrogen and oxygen atoms in total. The number of amides is 2. The van der Waals surface area contributed by atoms with Gasteiger partial charge >= 0.3 is 12.0 Å². The average Bonchev–Trinajstić information content (AvgIpc) is 2.38. The van der Waals surface area contributed by atoms with Crippen LogP contribution < -0.4 is 5.32 Å². The summed E-state index contributed by atoms with van der Waals surface area (Å²) < 4.78 is 5.38. The second-order valence-corrected chi connectivity index (χ2v) is 5.12. The third kappa shape index (κ3) is 5.92. The summed E-state index contributed by atoms with van der Waals surface area (Å²) in [6.45, 7) is 4.02. The Balaban J connectivity index is 2.35. The second kappa shape index (κ2) is 7.99. The van der Waals surface area contributed by atoms with Gasteiger partial charge in [0, 0.05) is 32.2 Å². The maximum atomic E-state index is 11.9. The van der Waals surface area contributed by atoms with E-state index in [0.29, 0.717) is 25.5 Å². The van der Waals surface area contributed by atoms with Crippen LogP contribution in [0.4, 0.5) is 4.79 Å². The number of urea groups is 1. The molecule has 0 saturated carbocycles. The predicted octanol–water partition coefficient (Wildman–Crippen LogP) is 1.31. The van der Waals surface area contributed by atoms with Gasteiger partial charge in [-0.2, -0.15) is 0 Å². The van der Waals surface area contributed by atoms with E-state index in [0.717, 1.165) is 19.4 Å². The van der Waals surface area contributed by atoms with Gasteiger partial charge in [-0.05, 0) is 19.3 Å². The van der Waals surface area contributed by atoms with Crippen LogP contribution in [0.15, 0.2) is 0 Å². The first-order valence-electron chi connectivity index (χ1n) is 6.84. The van der Waals surface area contributed by atoms with E-state index in [2.05, 4.69) is 5.32 Å². The van der Waals surface area contributed by atoms with Crippen molar-refractivity contribution >= 4 is 12.0 Å². The topological polar surface area (TPSA) is 78.9 Å². The SMILES string of the molecule is CCC(CC(=O)O)NC(=O)N(C)CC1CCCOC1. The summed E-state index contributed by atoms with van der Waals surface area (Å²) in [4.78, 5) is 24.2. The first kappa shape index (κ1) is 15.8. The van der Waals surface area contributed by atoms with Crippen molar-refractivity contribution in [3.63, 3.8) is 0 Å². The van der Waals surface area contributed by atoms with Gasteiger partial charge < -0.3 is 20.1 Å². The molecule has 1 heterocycles. The molecule has 1 aliphatic heterocycles.